The molecule has 76 valence electrons. The zero-order chi connectivity index (χ0) is 9.47. The third-order valence-electron chi connectivity index (χ3n) is 3.17. The zero-order valence-corrected chi connectivity index (χ0v) is 9.05. The summed E-state index contributed by atoms with van der Waals surface area (Å²) in [6.45, 7) is 10.4. The van der Waals surface area contributed by atoms with Gasteiger partial charge < -0.3 is 4.74 Å². The van der Waals surface area contributed by atoms with Crippen LogP contribution in [-0.2, 0) is 4.74 Å². The third kappa shape index (κ3) is 2.05. The summed E-state index contributed by atoms with van der Waals surface area (Å²) in [6.07, 6.45) is 3.28. The average Bonchev–Trinajstić information content (AvgIpc) is 1.95. The van der Waals surface area contributed by atoms with Crippen molar-refractivity contribution in [2.75, 3.05) is 19.7 Å². The first-order chi connectivity index (χ1) is 6.06. The quantitative estimate of drug-likeness (QED) is 0.662. The van der Waals surface area contributed by atoms with Crippen molar-refractivity contribution in [2.24, 2.45) is 5.41 Å². The van der Waals surface area contributed by atoms with Gasteiger partial charge in [0.1, 0.15) is 0 Å². The van der Waals surface area contributed by atoms with Crippen LogP contribution in [0.2, 0.25) is 0 Å². The van der Waals surface area contributed by atoms with Gasteiger partial charge in [-0.25, -0.2) is 0 Å². The molecule has 2 rings (SSSR count). The molecule has 2 aliphatic rings. The highest BCUT2D eigenvalue weighted by Gasteiger charge is 2.46. The number of fused-ring (bicyclic) bond motifs is 1. The molecule has 2 saturated heterocycles. The number of rotatable bonds is 3. The number of hydrogen-bond donors (Lipinski definition) is 0. The van der Waals surface area contributed by atoms with Crippen molar-refractivity contribution in [2.45, 2.75) is 45.8 Å². The molecule has 2 atom stereocenters. The van der Waals surface area contributed by atoms with Crippen LogP contribution < -0.4 is 0 Å². The van der Waals surface area contributed by atoms with Gasteiger partial charge in [-0.2, -0.15) is 0 Å². The van der Waals surface area contributed by atoms with Gasteiger partial charge in [0.15, 0.2) is 0 Å². The van der Waals surface area contributed by atoms with Crippen LogP contribution in [0.15, 0.2) is 0 Å². The molecule has 2 heterocycles. The van der Waals surface area contributed by atoms with Crippen molar-refractivity contribution < 1.29 is 4.74 Å². The highest BCUT2D eigenvalue weighted by Crippen LogP contribution is 2.31. The predicted molar refractivity (Wildman–Crippen MR) is 53.8 cm³/mol. The summed E-state index contributed by atoms with van der Waals surface area (Å²) < 4.78 is 5.37. The van der Waals surface area contributed by atoms with Crippen LogP contribution >= 0.6 is 0 Å². The lowest BCUT2D eigenvalue weighted by molar-refractivity contribution is -0.214. The fourth-order valence-electron chi connectivity index (χ4n) is 2.13. The summed E-state index contributed by atoms with van der Waals surface area (Å²) in [6, 6.07) is 0.792. The lowest BCUT2D eigenvalue weighted by atomic mass is 9.89. The summed E-state index contributed by atoms with van der Waals surface area (Å²) in [4.78, 5) is 2.57. The molecule has 0 spiro atoms. The summed E-state index contributed by atoms with van der Waals surface area (Å²) in [5.41, 5.74) is 0.500. The highest BCUT2D eigenvalue weighted by molar-refractivity contribution is 4.99. The van der Waals surface area contributed by atoms with E-state index in [0.717, 1.165) is 12.6 Å². The highest BCUT2D eigenvalue weighted by atomic mass is 16.5. The second-order valence-electron chi connectivity index (χ2n) is 5.60. The third-order valence-corrected chi connectivity index (χ3v) is 3.17. The average molecular weight is 183 g/mol. The Kier molecular flexibility index (Phi) is 2.37. The van der Waals surface area contributed by atoms with Crippen LogP contribution in [0.25, 0.3) is 0 Å². The Morgan fingerprint density at radius 3 is 2.54 bits per heavy atom. The maximum Gasteiger partial charge on any atom is 0.0880 e. The molecule has 0 radical (unpaired) electrons. The van der Waals surface area contributed by atoms with E-state index >= 15 is 0 Å². The minimum Gasteiger partial charge on any atom is -0.373 e. The molecule has 0 bridgehead atoms. The second-order valence-corrected chi connectivity index (χ2v) is 5.60. The Morgan fingerprint density at radius 2 is 2.15 bits per heavy atom. The first-order valence-electron chi connectivity index (χ1n) is 5.42. The fourth-order valence-corrected chi connectivity index (χ4v) is 2.13. The second kappa shape index (κ2) is 3.25. The van der Waals surface area contributed by atoms with E-state index < -0.39 is 0 Å². The molecule has 2 fully saturated rings. The summed E-state index contributed by atoms with van der Waals surface area (Å²) in [7, 11) is 0. The number of ether oxygens (including phenoxy) is 1. The topological polar surface area (TPSA) is 12.5 Å². The van der Waals surface area contributed by atoms with E-state index in [4.69, 9.17) is 4.74 Å². The van der Waals surface area contributed by atoms with E-state index in [-0.39, 0.29) is 0 Å². The van der Waals surface area contributed by atoms with Crippen molar-refractivity contribution in [3.05, 3.63) is 0 Å². The summed E-state index contributed by atoms with van der Waals surface area (Å²) >= 11 is 0. The molecule has 0 aromatic rings. The Bertz CT molecular complexity index is 185. The fraction of sp³-hybridized carbons (Fsp3) is 1.00. The molecule has 2 nitrogen and oxygen atoms in total. The molecule has 13 heavy (non-hydrogen) atoms. The van der Waals surface area contributed by atoms with Gasteiger partial charge in [-0.3, -0.25) is 4.90 Å². The monoisotopic (exact) mass is 183 g/mol. The van der Waals surface area contributed by atoms with Gasteiger partial charge in [0.05, 0.1) is 18.8 Å². The molecule has 2 heteroatoms. The van der Waals surface area contributed by atoms with Gasteiger partial charge in [0.25, 0.3) is 0 Å². The SMILES string of the molecule is CC(C)(C)CCCN1CC2OC[C@@H]21. The van der Waals surface area contributed by atoms with Gasteiger partial charge in [-0.15, -0.1) is 0 Å². The van der Waals surface area contributed by atoms with E-state index in [1.807, 2.05) is 0 Å². The number of likely N-dealkylation sites (tertiary alicyclic amines) is 1. The Hall–Kier alpha value is -0.0800. The molecule has 0 aliphatic carbocycles. The van der Waals surface area contributed by atoms with Crippen LogP contribution in [-0.4, -0.2) is 36.7 Å². The molecule has 0 saturated carbocycles. The van der Waals surface area contributed by atoms with E-state index in [9.17, 15) is 0 Å². The van der Waals surface area contributed by atoms with Crippen LogP contribution in [0.1, 0.15) is 33.6 Å². The Morgan fingerprint density at radius 1 is 1.38 bits per heavy atom. The van der Waals surface area contributed by atoms with E-state index in [1.165, 1.54) is 25.9 Å². The molecular weight excluding hydrogens is 162 g/mol. The lowest BCUT2D eigenvalue weighted by Crippen LogP contribution is -2.70. The first-order valence-corrected chi connectivity index (χ1v) is 5.42. The molecule has 1 unspecified atom stereocenters. The van der Waals surface area contributed by atoms with E-state index in [1.54, 1.807) is 0 Å². The molecule has 0 N–H and O–H groups in total. The van der Waals surface area contributed by atoms with Gasteiger partial charge in [0.2, 0.25) is 0 Å². The smallest absolute Gasteiger partial charge is 0.0880 e. The van der Waals surface area contributed by atoms with Crippen molar-refractivity contribution in [3.8, 4) is 0 Å². The van der Waals surface area contributed by atoms with E-state index in [0.29, 0.717) is 11.5 Å². The molecule has 0 aromatic heterocycles. The van der Waals surface area contributed by atoms with Crippen molar-refractivity contribution in [1.29, 1.82) is 0 Å². The van der Waals surface area contributed by atoms with Crippen molar-refractivity contribution in [3.63, 3.8) is 0 Å². The number of morpholine rings is 1. The van der Waals surface area contributed by atoms with Gasteiger partial charge >= 0.3 is 0 Å². The van der Waals surface area contributed by atoms with Crippen LogP contribution in [0.4, 0.5) is 0 Å². The normalized spacial score (nSPS) is 33.5. The Labute approximate surface area is 81.3 Å². The lowest BCUT2D eigenvalue weighted by Gasteiger charge is -2.55. The van der Waals surface area contributed by atoms with Gasteiger partial charge in [0, 0.05) is 6.54 Å². The summed E-state index contributed by atoms with van der Waals surface area (Å²) in [5, 5.41) is 0. The zero-order valence-electron chi connectivity index (χ0n) is 9.05. The van der Waals surface area contributed by atoms with Crippen LogP contribution in [0.3, 0.4) is 0 Å². The maximum atomic E-state index is 5.37. The number of nitrogens with zero attached hydrogens (tertiary/aromatic N) is 1. The maximum absolute atomic E-state index is 5.37. The molecule has 0 amide bonds. The summed E-state index contributed by atoms with van der Waals surface area (Å²) in [5.74, 6) is 0. The van der Waals surface area contributed by atoms with Crippen molar-refractivity contribution in [1.82, 2.24) is 4.90 Å². The Balaban J connectivity index is 1.59. The van der Waals surface area contributed by atoms with Crippen LogP contribution in [0.5, 0.6) is 0 Å². The van der Waals surface area contributed by atoms with Crippen molar-refractivity contribution >= 4 is 0 Å². The minimum absolute atomic E-state index is 0.500. The van der Waals surface area contributed by atoms with E-state index in [2.05, 4.69) is 25.7 Å². The predicted octanol–water partition coefficient (Wildman–Crippen LogP) is 1.90. The molecular formula is C11H21NO. The first kappa shape index (κ1) is 9.47. The minimum atomic E-state index is 0.500. The van der Waals surface area contributed by atoms with Crippen LogP contribution in [0, 0.1) is 5.41 Å². The largest absolute Gasteiger partial charge is 0.373 e. The standard InChI is InChI=1S/C11H21NO/c1-11(2,3)5-4-6-12-7-10-9(12)8-13-10/h9-10H,4-8H2,1-3H3/t9-,10?/m0/s1. The van der Waals surface area contributed by atoms with Gasteiger partial charge in [-0.05, 0) is 24.8 Å². The molecule has 0 aromatic carbocycles. The van der Waals surface area contributed by atoms with Gasteiger partial charge in [-0.1, -0.05) is 20.8 Å². The molecule has 2 aliphatic heterocycles. The number of hydrogen-bond acceptors (Lipinski definition) is 2.